The molecule has 2 heterocycles. The van der Waals surface area contributed by atoms with E-state index in [1.165, 1.54) is 0 Å². The number of hydrogen-bond acceptors (Lipinski definition) is 7. The van der Waals surface area contributed by atoms with Gasteiger partial charge in [0.15, 0.2) is 5.13 Å². The molecule has 9 heteroatoms. The third kappa shape index (κ3) is 6.70. The summed E-state index contributed by atoms with van der Waals surface area (Å²) in [5.74, 6) is -0.250. The monoisotopic (exact) mass is 446 g/mol. The molecule has 0 saturated carbocycles. The fourth-order valence-corrected chi connectivity index (χ4v) is 4.36. The highest BCUT2D eigenvalue weighted by atomic mass is 32.1. The van der Waals surface area contributed by atoms with Gasteiger partial charge in [-0.1, -0.05) is 29.5 Å². The number of thiophene rings is 1. The number of anilines is 1. The quantitative estimate of drug-likeness (QED) is 0.455. The second-order valence-electron chi connectivity index (χ2n) is 7.69. The largest absolute Gasteiger partial charge is 0.444 e. The van der Waals surface area contributed by atoms with Gasteiger partial charge in [0, 0.05) is 24.4 Å². The molecule has 0 aliphatic rings. The summed E-state index contributed by atoms with van der Waals surface area (Å²) in [4.78, 5) is 30.4. The summed E-state index contributed by atoms with van der Waals surface area (Å²) in [5, 5.41) is 11.6. The zero-order valence-corrected chi connectivity index (χ0v) is 18.9. The summed E-state index contributed by atoms with van der Waals surface area (Å²) in [7, 11) is 0. The first-order chi connectivity index (χ1) is 14.3. The average Bonchev–Trinajstić information content (AvgIpc) is 3.32. The Bertz CT molecular complexity index is 947. The predicted molar refractivity (Wildman–Crippen MR) is 122 cm³/mol. The average molecular weight is 447 g/mol. The van der Waals surface area contributed by atoms with E-state index in [0.29, 0.717) is 19.5 Å². The molecule has 160 valence electrons. The van der Waals surface area contributed by atoms with Crippen molar-refractivity contribution in [2.45, 2.75) is 38.8 Å². The molecule has 0 bridgehead atoms. The van der Waals surface area contributed by atoms with E-state index in [2.05, 4.69) is 20.9 Å². The second kappa shape index (κ2) is 9.90. The normalized spacial score (nSPS) is 12.4. The zero-order chi connectivity index (χ0) is 21.6. The van der Waals surface area contributed by atoms with Crippen LogP contribution in [0.5, 0.6) is 0 Å². The van der Waals surface area contributed by atoms with Crippen LogP contribution in [0.25, 0.3) is 10.2 Å². The molecule has 0 aliphatic heterocycles. The third-order valence-corrected chi connectivity index (χ3v) is 5.88. The van der Waals surface area contributed by atoms with Gasteiger partial charge >= 0.3 is 6.09 Å². The van der Waals surface area contributed by atoms with E-state index in [0.717, 1.165) is 20.2 Å². The molecule has 1 atom stereocenters. The molecule has 0 fully saturated rings. The zero-order valence-electron chi connectivity index (χ0n) is 17.2. The van der Waals surface area contributed by atoms with Crippen molar-refractivity contribution in [1.29, 1.82) is 0 Å². The van der Waals surface area contributed by atoms with Crippen LogP contribution in [0.3, 0.4) is 0 Å². The number of ether oxygens (including phenoxy) is 1. The Morgan fingerprint density at radius 3 is 2.63 bits per heavy atom. The lowest BCUT2D eigenvalue weighted by molar-refractivity contribution is -0.123. The van der Waals surface area contributed by atoms with Gasteiger partial charge in [-0.15, -0.1) is 11.3 Å². The molecule has 0 aliphatic carbocycles. The number of carbonyl (C=O) groups excluding carboxylic acids is 2. The highest BCUT2D eigenvalue weighted by Crippen LogP contribution is 2.24. The molecule has 2 amide bonds. The van der Waals surface area contributed by atoms with Gasteiger partial charge in [0.2, 0.25) is 5.91 Å². The summed E-state index contributed by atoms with van der Waals surface area (Å²) in [6.45, 7) is 6.30. The molecule has 1 unspecified atom stereocenters. The van der Waals surface area contributed by atoms with Crippen LogP contribution in [0, 0.1) is 0 Å². The molecule has 3 aromatic rings. The Hall–Kier alpha value is -2.65. The van der Waals surface area contributed by atoms with E-state index < -0.39 is 17.7 Å². The summed E-state index contributed by atoms with van der Waals surface area (Å²) >= 11 is 3.12. The lowest BCUT2D eigenvalue weighted by atomic mass is 10.1. The van der Waals surface area contributed by atoms with E-state index >= 15 is 0 Å². The second-order valence-corrected chi connectivity index (χ2v) is 9.75. The first kappa shape index (κ1) is 22.0. The number of hydrogen-bond donors (Lipinski definition) is 3. The predicted octanol–water partition coefficient (Wildman–Crippen LogP) is 4.02. The van der Waals surface area contributed by atoms with Crippen molar-refractivity contribution in [1.82, 2.24) is 15.6 Å². The van der Waals surface area contributed by atoms with Crippen molar-refractivity contribution in [2.24, 2.45) is 0 Å². The Kier molecular flexibility index (Phi) is 7.28. The number of aromatic nitrogens is 1. The van der Waals surface area contributed by atoms with E-state index in [9.17, 15) is 9.59 Å². The molecule has 3 N–H and O–H groups in total. The highest BCUT2D eigenvalue weighted by molar-refractivity contribution is 7.22. The molecule has 3 rings (SSSR count). The van der Waals surface area contributed by atoms with Crippen molar-refractivity contribution in [3.05, 3.63) is 46.7 Å². The lowest BCUT2D eigenvalue weighted by Gasteiger charge is -2.23. The van der Waals surface area contributed by atoms with Crippen LogP contribution in [-0.2, 0) is 16.0 Å². The number of nitrogens with one attached hydrogen (secondary N) is 3. The van der Waals surface area contributed by atoms with Gasteiger partial charge in [0.05, 0.1) is 10.2 Å². The first-order valence-electron chi connectivity index (χ1n) is 9.69. The number of carbonyl (C=O) groups is 2. The van der Waals surface area contributed by atoms with Crippen LogP contribution in [0.15, 0.2) is 41.8 Å². The van der Waals surface area contributed by atoms with Gasteiger partial charge in [-0.05, 0) is 44.4 Å². The summed E-state index contributed by atoms with van der Waals surface area (Å²) in [5.41, 5.74) is 0.321. The number of benzene rings is 1. The molecule has 2 aromatic heterocycles. The van der Waals surface area contributed by atoms with Crippen LogP contribution < -0.4 is 16.0 Å². The van der Waals surface area contributed by atoms with Gasteiger partial charge in [0.1, 0.15) is 11.6 Å². The van der Waals surface area contributed by atoms with Gasteiger partial charge in [-0.25, -0.2) is 9.78 Å². The maximum Gasteiger partial charge on any atom is 0.408 e. The standard InChI is InChI=1S/C21H26N4O3S2/c1-21(2,3)28-20(27)25-16(13-14-7-6-12-29-14)18(26)22-10-11-23-19-24-15-8-4-5-9-17(15)30-19/h4-9,12,16H,10-11,13H2,1-3H3,(H,22,26)(H,23,24)(H,25,27). The lowest BCUT2D eigenvalue weighted by Crippen LogP contribution is -2.50. The van der Waals surface area contributed by atoms with E-state index in [1.807, 2.05) is 41.8 Å². The summed E-state index contributed by atoms with van der Waals surface area (Å²) in [6.07, 6.45) is -0.194. The minimum absolute atomic E-state index is 0.250. The van der Waals surface area contributed by atoms with Crippen molar-refractivity contribution in [3.63, 3.8) is 0 Å². The molecule has 30 heavy (non-hydrogen) atoms. The Balaban J connectivity index is 1.52. The smallest absolute Gasteiger partial charge is 0.408 e. The minimum atomic E-state index is -0.707. The van der Waals surface area contributed by atoms with E-state index in [1.54, 1.807) is 43.4 Å². The number of fused-ring (bicyclic) bond motifs is 1. The maximum atomic E-state index is 12.7. The molecule has 1 aromatic carbocycles. The van der Waals surface area contributed by atoms with E-state index in [4.69, 9.17) is 4.74 Å². The number of thiazole rings is 1. The fraction of sp³-hybridized carbons (Fsp3) is 0.381. The van der Waals surface area contributed by atoms with Gasteiger partial charge in [-0.2, -0.15) is 0 Å². The topological polar surface area (TPSA) is 92.3 Å². The molecule has 7 nitrogen and oxygen atoms in total. The number of amides is 2. The Morgan fingerprint density at radius 2 is 1.93 bits per heavy atom. The van der Waals surface area contributed by atoms with Crippen LogP contribution in [0.1, 0.15) is 25.6 Å². The third-order valence-electron chi connectivity index (χ3n) is 3.99. The van der Waals surface area contributed by atoms with Gasteiger partial charge in [-0.3, -0.25) is 4.79 Å². The number of rotatable bonds is 8. The molecular formula is C21H26N4O3S2. The van der Waals surface area contributed by atoms with Crippen molar-refractivity contribution in [3.8, 4) is 0 Å². The summed E-state index contributed by atoms with van der Waals surface area (Å²) in [6, 6.07) is 11.1. The maximum absolute atomic E-state index is 12.7. The molecule has 0 radical (unpaired) electrons. The van der Waals surface area contributed by atoms with Crippen molar-refractivity contribution < 1.29 is 14.3 Å². The van der Waals surface area contributed by atoms with Crippen LogP contribution in [-0.4, -0.2) is 41.7 Å². The highest BCUT2D eigenvalue weighted by Gasteiger charge is 2.24. The fourth-order valence-electron chi connectivity index (χ4n) is 2.72. The van der Waals surface area contributed by atoms with Gasteiger partial charge < -0.3 is 20.7 Å². The SMILES string of the molecule is CC(C)(C)OC(=O)NC(Cc1cccs1)C(=O)NCCNc1nc2ccccc2s1. The minimum Gasteiger partial charge on any atom is -0.444 e. The van der Waals surface area contributed by atoms with Crippen LogP contribution >= 0.6 is 22.7 Å². The number of alkyl carbamates (subject to hydrolysis) is 1. The Morgan fingerprint density at radius 1 is 1.13 bits per heavy atom. The number of para-hydroxylation sites is 1. The number of nitrogens with zero attached hydrogens (tertiary/aromatic N) is 1. The van der Waals surface area contributed by atoms with Crippen LogP contribution in [0.4, 0.5) is 9.93 Å². The molecular weight excluding hydrogens is 420 g/mol. The molecule has 0 spiro atoms. The van der Waals surface area contributed by atoms with Crippen molar-refractivity contribution >= 4 is 50.0 Å². The van der Waals surface area contributed by atoms with Gasteiger partial charge in [0.25, 0.3) is 0 Å². The Labute approximate surface area is 183 Å². The molecule has 0 saturated heterocycles. The van der Waals surface area contributed by atoms with Crippen molar-refractivity contribution in [2.75, 3.05) is 18.4 Å². The van der Waals surface area contributed by atoms with E-state index in [-0.39, 0.29) is 5.91 Å². The summed E-state index contributed by atoms with van der Waals surface area (Å²) < 4.78 is 6.42. The van der Waals surface area contributed by atoms with Crippen LogP contribution in [0.2, 0.25) is 0 Å². The first-order valence-corrected chi connectivity index (χ1v) is 11.4.